The summed E-state index contributed by atoms with van der Waals surface area (Å²) >= 11 is 28.8. The summed E-state index contributed by atoms with van der Waals surface area (Å²) in [6, 6.07) is 61.9. The number of nitro benzene ring substituents is 1. The zero-order chi connectivity index (χ0) is 64.9. The molecule has 0 aliphatic carbocycles. The Labute approximate surface area is 549 Å². The average Bonchev–Trinajstić information content (AvgIpc) is 1.64. The fraction of sp³-hybridized carbons (Fsp3) is 0. The number of benzene rings is 7. The maximum atomic E-state index is 13.1. The van der Waals surface area contributed by atoms with Crippen LogP contribution in [0.25, 0.3) is 67.3 Å². The molecule has 0 saturated heterocycles. The Bertz CT molecular complexity index is 4790. The van der Waals surface area contributed by atoms with Crippen molar-refractivity contribution in [3.05, 3.63) is 314 Å². The van der Waals surface area contributed by atoms with Gasteiger partial charge in [-0.3, -0.25) is 58.4 Å². The Balaban J connectivity index is 0.000000137. The summed E-state index contributed by atoms with van der Waals surface area (Å²) in [5.74, 6) is 1.70. The van der Waals surface area contributed by atoms with E-state index in [9.17, 15) is 29.3 Å². The van der Waals surface area contributed by atoms with Crippen LogP contribution in [0.3, 0.4) is 0 Å². The molecule has 92 heavy (non-hydrogen) atoms. The van der Waals surface area contributed by atoms with Crippen LogP contribution in [0.5, 0.6) is 0 Å². The van der Waals surface area contributed by atoms with E-state index in [0.29, 0.717) is 65.0 Å². The smallest absolute Gasteiger partial charge is 0.293 e. The Morgan fingerprint density at radius 3 is 1.36 bits per heavy atom. The van der Waals surface area contributed by atoms with Crippen LogP contribution in [0.2, 0.25) is 20.1 Å². The zero-order valence-electron chi connectivity index (χ0n) is 47.8. The lowest BCUT2D eigenvalue weighted by molar-refractivity contribution is -0.383. The van der Waals surface area contributed by atoms with Crippen LogP contribution in [-0.2, 0) is 0 Å². The highest BCUT2D eigenvalue weighted by atomic mass is 35.5. The molecule has 3 N–H and O–H groups in total. The summed E-state index contributed by atoms with van der Waals surface area (Å²) in [5, 5.41) is 12.0. The third-order valence-corrected chi connectivity index (χ3v) is 14.1. The first kappa shape index (κ1) is 65.3. The fourth-order valence-electron chi connectivity index (χ4n) is 8.64. The fourth-order valence-corrected chi connectivity index (χ4v) is 9.43. The minimum Gasteiger partial charge on any atom is -0.393 e. The van der Waals surface area contributed by atoms with Gasteiger partial charge < -0.3 is 10.7 Å². The first-order chi connectivity index (χ1) is 44.6. The minimum atomic E-state index is -0.568. The second-order valence-electron chi connectivity index (χ2n) is 19.1. The van der Waals surface area contributed by atoms with Crippen molar-refractivity contribution in [2.24, 2.45) is 0 Å². The number of H-pyrrole nitrogens is 1. The predicted octanol–water partition coefficient (Wildman–Crippen LogP) is 16.9. The number of hydrogen-bond acceptors (Lipinski definition) is 14. The molecule has 0 aliphatic heterocycles. The molecule has 14 rings (SSSR count). The summed E-state index contributed by atoms with van der Waals surface area (Å²) in [4.78, 5) is 89.0. The topological polar surface area (TPSA) is 253 Å². The van der Waals surface area contributed by atoms with Crippen molar-refractivity contribution in [2.75, 3.05) is 5.73 Å². The third kappa shape index (κ3) is 17.2. The normalized spacial score (nSPS) is 10.3. The number of nitrogens with one attached hydrogen (secondary N) is 1. The highest BCUT2D eigenvalue weighted by Crippen LogP contribution is 2.30. The summed E-state index contributed by atoms with van der Waals surface area (Å²) in [7, 11) is 0. The van der Waals surface area contributed by atoms with Crippen molar-refractivity contribution in [1.29, 1.82) is 0 Å². The van der Waals surface area contributed by atoms with Crippen LogP contribution >= 0.6 is 58.0 Å². The monoisotopic (exact) mass is 1310 g/mol. The van der Waals surface area contributed by atoms with Gasteiger partial charge in [-0.2, -0.15) is 0 Å². The number of carbonyl (C=O) groups excluding carboxylic acids is 4. The van der Waals surface area contributed by atoms with Gasteiger partial charge in [0.15, 0.2) is 0 Å². The van der Waals surface area contributed by atoms with Crippen molar-refractivity contribution in [1.82, 2.24) is 49.0 Å². The number of imidazole rings is 3. The molecule has 0 fully saturated rings. The average molecular weight is 1320 g/mol. The van der Waals surface area contributed by atoms with Gasteiger partial charge in [-0.15, -0.1) is 0 Å². The van der Waals surface area contributed by atoms with E-state index in [2.05, 4.69) is 39.9 Å². The summed E-state index contributed by atoms with van der Waals surface area (Å²) < 4.78 is 3.22. The molecule has 7 aromatic carbocycles. The third-order valence-electron chi connectivity index (χ3n) is 13.0. The number of aromatic nitrogens is 10. The largest absolute Gasteiger partial charge is 0.393 e. The van der Waals surface area contributed by atoms with Crippen molar-refractivity contribution in [3.8, 4) is 34.2 Å². The van der Waals surface area contributed by atoms with E-state index in [1.165, 1.54) is 18.2 Å². The highest BCUT2D eigenvalue weighted by molar-refractivity contribution is 6.67. The van der Waals surface area contributed by atoms with E-state index in [0.717, 1.165) is 50.9 Å². The Hall–Kier alpha value is -11.1. The van der Waals surface area contributed by atoms with Crippen LogP contribution in [0.15, 0.2) is 262 Å². The number of fused-ring (bicyclic) bond motifs is 3. The number of nitrogens with two attached hydrogens (primary N) is 1. The number of aromatic amines is 1. The Kier molecular flexibility index (Phi) is 22.6. The van der Waals surface area contributed by atoms with Crippen LogP contribution in [-0.4, -0.2) is 77.3 Å². The first-order valence-electron chi connectivity index (χ1n) is 27.4. The molecule has 0 spiro atoms. The number of hydrogen-bond donors (Lipinski definition) is 2. The van der Waals surface area contributed by atoms with E-state index in [1.54, 1.807) is 144 Å². The number of halogens is 5. The maximum absolute atomic E-state index is 13.1. The molecule has 0 radical (unpaired) electrons. The lowest BCUT2D eigenvalue weighted by Crippen LogP contribution is -2.13. The van der Waals surface area contributed by atoms with Gasteiger partial charge in [0.2, 0.25) is 0 Å². The number of nitrogen functional groups attached to an aromatic ring is 1. The second kappa shape index (κ2) is 31.9. The van der Waals surface area contributed by atoms with Gasteiger partial charge in [0.05, 0.1) is 38.0 Å². The Morgan fingerprint density at radius 2 is 0.880 bits per heavy atom. The predicted molar refractivity (Wildman–Crippen MR) is 361 cm³/mol. The lowest BCUT2D eigenvalue weighted by Gasteiger charge is -2.08. The number of anilines is 1. The minimum absolute atomic E-state index is 0.124. The van der Waals surface area contributed by atoms with E-state index in [1.807, 2.05) is 109 Å². The van der Waals surface area contributed by atoms with E-state index in [4.69, 9.17) is 63.7 Å². The van der Waals surface area contributed by atoms with E-state index in [-0.39, 0.29) is 23.2 Å². The maximum Gasteiger partial charge on any atom is 0.293 e. The SMILES string of the molecule is Clc1ccc2nc(-c3ccncc3)[nH]c2c1.Nc1ccc(Cl)cc1[N+](=O)[O-].O=C(Cl)c1ccccc1.O=C(c1ccccc1)n1c(-c2ccncc2)nc2cc(Cl)ccc21.O=C(c1ccccc1)n1c(-c2ccncc2)nc2ccc(Cl)cc21.O=Cc1ccncc1. The van der Waals surface area contributed by atoms with Crippen molar-refractivity contribution < 1.29 is 24.1 Å². The molecular weight excluding hydrogens is 1270 g/mol. The number of nitrogens with zero attached hydrogens (tertiary/aromatic N) is 10. The van der Waals surface area contributed by atoms with Gasteiger partial charge in [-0.05, 0) is 151 Å². The summed E-state index contributed by atoms with van der Waals surface area (Å²) in [5.41, 5.74) is 15.0. The second-order valence-corrected chi connectivity index (χ2v) is 21.2. The Morgan fingerprint density at radius 1 is 0.457 bits per heavy atom. The molecule has 0 saturated carbocycles. The van der Waals surface area contributed by atoms with Gasteiger partial charge in [-0.25, -0.2) is 15.0 Å². The molecule has 0 unspecified atom stereocenters. The molecule has 0 amide bonds. The standard InChI is InChI=1S/2C19H12ClN3O.C12H8ClN3.C7H5ClO.C6H5ClN2O2.C6H5NO/c20-15-6-7-17-16(12-15)22-18(13-8-10-21-11-9-13)23(17)19(24)14-4-2-1-3-5-14;20-15-6-7-16-17(12-15)23(19(24)14-4-2-1-3-5-14)18(22-16)13-8-10-21-11-9-13;13-9-1-2-10-11(7-9)16-12(15-10)8-3-5-14-6-4-8;8-7(9)6-4-2-1-3-5-6;7-4-1-2-5(8)6(3-4)9(10)11;8-5-6-1-3-7-4-2-6/h2*1-12H;1-7H,(H,15,16);1-5H;1-3H,8H2;1-5H. The first-order valence-corrected chi connectivity index (χ1v) is 29.3. The van der Waals surface area contributed by atoms with Crippen LogP contribution in [0, 0.1) is 10.1 Å². The number of rotatable bonds is 8. The molecule has 0 atom stereocenters. The van der Waals surface area contributed by atoms with Gasteiger partial charge in [0.1, 0.15) is 29.4 Å². The molecule has 14 aromatic rings. The molecule has 23 heteroatoms. The van der Waals surface area contributed by atoms with Gasteiger partial charge in [-0.1, -0.05) is 113 Å². The number of nitro groups is 1. The quantitative estimate of drug-likeness (QED) is 0.0472. The van der Waals surface area contributed by atoms with Gasteiger partial charge >= 0.3 is 0 Å². The van der Waals surface area contributed by atoms with Crippen LogP contribution in [0.1, 0.15) is 41.4 Å². The molecule has 7 heterocycles. The molecular formula is C69H47Cl5N12O6. The van der Waals surface area contributed by atoms with Crippen molar-refractivity contribution >= 4 is 126 Å². The number of aldehydes is 1. The molecule has 0 aliphatic rings. The summed E-state index contributed by atoms with van der Waals surface area (Å²) in [6.07, 6.45) is 14.2. The van der Waals surface area contributed by atoms with E-state index < -0.39 is 10.2 Å². The zero-order valence-corrected chi connectivity index (χ0v) is 51.6. The van der Waals surface area contributed by atoms with Crippen molar-refractivity contribution in [3.63, 3.8) is 0 Å². The molecule has 7 aromatic heterocycles. The van der Waals surface area contributed by atoms with Crippen LogP contribution in [0.4, 0.5) is 11.4 Å². The number of pyridine rings is 4. The molecule has 0 bridgehead atoms. The van der Waals surface area contributed by atoms with Crippen LogP contribution < -0.4 is 5.73 Å². The molecule has 454 valence electrons. The van der Waals surface area contributed by atoms with Gasteiger partial charge in [0, 0.05) is 115 Å². The lowest BCUT2D eigenvalue weighted by atomic mass is 10.2. The summed E-state index contributed by atoms with van der Waals surface area (Å²) in [6.45, 7) is 0. The van der Waals surface area contributed by atoms with E-state index >= 15 is 0 Å². The van der Waals surface area contributed by atoms with Crippen molar-refractivity contribution in [2.45, 2.75) is 0 Å². The van der Waals surface area contributed by atoms with Gasteiger partial charge in [0.25, 0.3) is 22.7 Å². The molecule has 18 nitrogen and oxygen atoms in total. The highest BCUT2D eigenvalue weighted by Gasteiger charge is 2.22. The number of carbonyl (C=O) groups is 4.